The Hall–Kier alpha value is -3.30. The van der Waals surface area contributed by atoms with Crippen molar-refractivity contribution in [2.45, 2.75) is 31.7 Å². The van der Waals surface area contributed by atoms with Crippen LogP contribution < -0.4 is 20.1 Å². The van der Waals surface area contributed by atoms with Crippen molar-refractivity contribution in [1.29, 1.82) is 0 Å². The Morgan fingerprint density at radius 3 is 2.79 bits per heavy atom. The van der Waals surface area contributed by atoms with Crippen LogP contribution in [0.25, 0.3) is 0 Å². The summed E-state index contributed by atoms with van der Waals surface area (Å²) in [5.41, 5.74) is -0.379. The van der Waals surface area contributed by atoms with E-state index in [1.54, 1.807) is 25.1 Å². The third-order valence-corrected chi connectivity index (χ3v) is 4.75. The topological polar surface area (TPSA) is 123 Å². The molecule has 10 heteroatoms. The second-order valence-electron chi connectivity index (χ2n) is 7.05. The number of hydrogen-bond acceptors (Lipinski definition) is 7. The van der Waals surface area contributed by atoms with Crippen molar-refractivity contribution in [1.82, 2.24) is 15.5 Å². The maximum atomic E-state index is 12.8. The van der Waals surface area contributed by atoms with E-state index in [9.17, 15) is 19.2 Å². The van der Waals surface area contributed by atoms with Gasteiger partial charge < -0.3 is 24.8 Å². The van der Waals surface area contributed by atoms with Gasteiger partial charge in [0.2, 0.25) is 12.7 Å². The predicted octanol–water partition coefficient (Wildman–Crippen LogP) is 0.338. The molecule has 0 aromatic heterocycles. The monoisotopic (exact) mass is 405 g/mol. The molecule has 2 aliphatic rings. The highest BCUT2D eigenvalue weighted by Crippen LogP contribution is 2.34. The van der Waals surface area contributed by atoms with Crippen LogP contribution in [-0.2, 0) is 25.5 Å². The summed E-state index contributed by atoms with van der Waals surface area (Å²) < 4.78 is 15.1. The first kappa shape index (κ1) is 20.4. The molecule has 2 heterocycles. The van der Waals surface area contributed by atoms with Gasteiger partial charge in [0.1, 0.15) is 12.1 Å². The van der Waals surface area contributed by atoms with Crippen molar-refractivity contribution >= 4 is 23.8 Å². The van der Waals surface area contributed by atoms with E-state index in [1.165, 1.54) is 7.11 Å². The quantitative estimate of drug-likeness (QED) is 0.363. The number of urea groups is 1. The summed E-state index contributed by atoms with van der Waals surface area (Å²) in [5, 5.41) is 5.25. The Morgan fingerprint density at radius 1 is 1.28 bits per heavy atom. The van der Waals surface area contributed by atoms with Crippen molar-refractivity contribution in [3.05, 3.63) is 23.8 Å². The molecule has 29 heavy (non-hydrogen) atoms. The standard InChI is InChI=1S/C19H23N3O7/c1-19(9-12-5-6-13-14(8-12)29-11-28-13)17(25)22(18(26)21-19)10-15(23)20-7-3-4-16(24)27-2/h5-6,8H,3-4,7,9-11H2,1-2H3,(H,20,23)(H,21,26)/t19-/m1/s1. The number of ether oxygens (including phenoxy) is 3. The molecule has 0 saturated carbocycles. The lowest BCUT2D eigenvalue weighted by atomic mass is 9.92. The molecule has 156 valence electrons. The molecule has 3 rings (SSSR count). The maximum Gasteiger partial charge on any atom is 0.325 e. The van der Waals surface area contributed by atoms with E-state index >= 15 is 0 Å². The first-order valence-electron chi connectivity index (χ1n) is 9.18. The van der Waals surface area contributed by atoms with Crippen LogP contribution in [0.1, 0.15) is 25.3 Å². The van der Waals surface area contributed by atoms with Crippen LogP contribution in [0.5, 0.6) is 11.5 Å². The molecule has 2 N–H and O–H groups in total. The number of rotatable bonds is 8. The Balaban J connectivity index is 1.55. The van der Waals surface area contributed by atoms with Crippen molar-refractivity contribution in [3.8, 4) is 11.5 Å². The third kappa shape index (κ3) is 4.58. The number of carbonyl (C=O) groups is 4. The second kappa shape index (κ2) is 8.38. The summed E-state index contributed by atoms with van der Waals surface area (Å²) in [7, 11) is 1.29. The highest BCUT2D eigenvalue weighted by Gasteiger charge is 2.48. The summed E-state index contributed by atoms with van der Waals surface area (Å²) in [5.74, 6) is -0.111. The molecule has 2 aliphatic heterocycles. The number of nitrogens with one attached hydrogen (secondary N) is 2. The smallest absolute Gasteiger partial charge is 0.325 e. The van der Waals surface area contributed by atoms with Crippen LogP contribution >= 0.6 is 0 Å². The summed E-state index contributed by atoms with van der Waals surface area (Å²) in [4.78, 5) is 49.1. The molecule has 1 saturated heterocycles. The van der Waals surface area contributed by atoms with Gasteiger partial charge in [-0.3, -0.25) is 19.3 Å². The molecule has 0 bridgehead atoms. The van der Waals surface area contributed by atoms with Gasteiger partial charge in [0, 0.05) is 19.4 Å². The molecule has 0 unspecified atom stereocenters. The Kier molecular flexibility index (Phi) is 5.90. The molecule has 1 aromatic carbocycles. The molecule has 10 nitrogen and oxygen atoms in total. The minimum Gasteiger partial charge on any atom is -0.469 e. The fraction of sp³-hybridized carbons (Fsp3) is 0.474. The van der Waals surface area contributed by atoms with Crippen LogP contribution in [0.15, 0.2) is 18.2 Å². The average Bonchev–Trinajstić information content (AvgIpc) is 3.23. The van der Waals surface area contributed by atoms with E-state index in [-0.39, 0.29) is 38.7 Å². The number of fused-ring (bicyclic) bond motifs is 1. The lowest BCUT2D eigenvalue weighted by molar-refractivity contribution is -0.140. The van der Waals surface area contributed by atoms with E-state index in [0.29, 0.717) is 17.9 Å². The number of esters is 1. The molecule has 4 amide bonds. The summed E-state index contributed by atoms with van der Waals surface area (Å²) in [6.45, 7) is 1.62. The van der Waals surface area contributed by atoms with Gasteiger partial charge in [0.25, 0.3) is 5.91 Å². The Bertz CT molecular complexity index is 841. The van der Waals surface area contributed by atoms with Crippen LogP contribution in [0.4, 0.5) is 4.79 Å². The zero-order chi connectivity index (χ0) is 21.0. The van der Waals surface area contributed by atoms with E-state index in [0.717, 1.165) is 10.5 Å². The normalized spacial score (nSPS) is 19.9. The number of benzene rings is 1. The van der Waals surface area contributed by atoms with Crippen LogP contribution in [0.3, 0.4) is 0 Å². The van der Waals surface area contributed by atoms with Gasteiger partial charge in [-0.2, -0.15) is 0 Å². The van der Waals surface area contributed by atoms with Gasteiger partial charge in [-0.15, -0.1) is 0 Å². The molecule has 1 aromatic rings. The molecular weight excluding hydrogens is 382 g/mol. The van der Waals surface area contributed by atoms with Crippen LogP contribution in [0.2, 0.25) is 0 Å². The largest absolute Gasteiger partial charge is 0.469 e. The van der Waals surface area contributed by atoms with Gasteiger partial charge in [-0.1, -0.05) is 6.07 Å². The zero-order valence-corrected chi connectivity index (χ0v) is 16.3. The average molecular weight is 405 g/mol. The van der Waals surface area contributed by atoms with E-state index in [2.05, 4.69) is 15.4 Å². The van der Waals surface area contributed by atoms with Gasteiger partial charge >= 0.3 is 12.0 Å². The highest BCUT2D eigenvalue weighted by atomic mass is 16.7. The molecule has 0 radical (unpaired) electrons. The number of hydrogen-bond donors (Lipinski definition) is 2. The fourth-order valence-electron chi connectivity index (χ4n) is 3.23. The fourth-order valence-corrected chi connectivity index (χ4v) is 3.23. The number of nitrogens with zero attached hydrogens (tertiary/aromatic N) is 1. The summed E-state index contributed by atoms with van der Waals surface area (Å²) in [6, 6.07) is 4.70. The van der Waals surface area contributed by atoms with Gasteiger partial charge in [0.15, 0.2) is 11.5 Å². The molecule has 0 aliphatic carbocycles. The Labute approximate surface area is 167 Å². The van der Waals surface area contributed by atoms with Crippen LogP contribution in [0, 0.1) is 0 Å². The lowest BCUT2D eigenvalue weighted by Gasteiger charge is -2.21. The minimum atomic E-state index is -1.17. The predicted molar refractivity (Wildman–Crippen MR) is 99.2 cm³/mol. The first-order chi connectivity index (χ1) is 13.8. The SMILES string of the molecule is COC(=O)CCCNC(=O)CN1C(=O)N[C@](C)(Cc2ccc3c(c2)OCO3)C1=O. The number of amides is 4. The number of carbonyl (C=O) groups excluding carboxylic acids is 4. The van der Waals surface area contributed by atoms with Gasteiger partial charge in [-0.25, -0.2) is 4.79 Å². The Morgan fingerprint density at radius 2 is 2.03 bits per heavy atom. The summed E-state index contributed by atoms with van der Waals surface area (Å²) in [6.07, 6.45) is 0.819. The van der Waals surface area contributed by atoms with Gasteiger partial charge in [-0.05, 0) is 31.0 Å². The van der Waals surface area contributed by atoms with Crippen LogP contribution in [-0.4, -0.2) is 61.2 Å². The highest BCUT2D eigenvalue weighted by molar-refractivity contribution is 6.08. The molecular formula is C19H23N3O7. The van der Waals surface area contributed by atoms with Crippen molar-refractivity contribution in [2.75, 3.05) is 27.0 Å². The van der Waals surface area contributed by atoms with E-state index in [1.807, 2.05) is 0 Å². The molecule has 1 atom stereocenters. The number of methoxy groups -OCH3 is 1. The van der Waals surface area contributed by atoms with E-state index < -0.39 is 23.4 Å². The first-order valence-corrected chi connectivity index (χ1v) is 9.18. The summed E-state index contributed by atoms with van der Waals surface area (Å²) >= 11 is 0. The molecule has 0 spiro atoms. The maximum absolute atomic E-state index is 12.8. The van der Waals surface area contributed by atoms with E-state index in [4.69, 9.17) is 9.47 Å². The zero-order valence-electron chi connectivity index (χ0n) is 16.3. The minimum absolute atomic E-state index is 0.147. The van der Waals surface area contributed by atoms with Crippen molar-refractivity contribution < 1.29 is 33.4 Å². The van der Waals surface area contributed by atoms with Crippen molar-refractivity contribution in [2.24, 2.45) is 0 Å². The van der Waals surface area contributed by atoms with Gasteiger partial charge in [0.05, 0.1) is 7.11 Å². The van der Waals surface area contributed by atoms with Crippen molar-refractivity contribution in [3.63, 3.8) is 0 Å². The lowest BCUT2D eigenvalue weighted by Crippen LogP contribution is -2.46. The second-order valence-corrected chi connectivity index (χ2v) is 7.05. The number of imide groups is 1. The molecule has 1 fully saturated rings. The third-order valence-electron chi connectivity index (χ3n) is 4.75.